The summed E-state index contributed by atoms with van der Waals surface area (Å²) in [7, 11) is 0. The van der Waals surface area contributed by atoms with Crippen LogP contribution in [0, 0.1) is 0 Å². The fourth-order valence-corrected chi connectivity index (χ4v) is 5.71. The Labute approximate surface area is 195 Å². The Kier molecular flexibility index (Phi) is 5.75. The third-order valence-electron chi connectivity index (χ3n) is 4.96. The number of carbonyl (C=O) groups is 1. The summed E-state index contributed by atoms with van der Waals surface area (Å²) in [6.07, 6.45) is 3.96. The molecule has 7 heteroatoms. The fraction of sp³-hybridized carbons (Fsp3) is 0.217. The standard InChI is InChI=1S/C23H20Cl2N2OS2/c1-23(2,3)27-21(28)20(30-22(27)29)11-14-12-26(19-10-5-4-7-15(14)19)13-16-17(24)8-6-9-18(16)25/h4-12H,13H2,1-3H3/b20-11+. The van der Waals surface area contributed by atoms with Crippen molar-refractivity contribution in [3.8, 4) is 0 Å². The third kappa shape index (κ3) is 3.92. The van der Waals surface area contributed by atoms with Gasteiger partial charge < -0.3 is 4.57 Å². The fourth-order valence-electron chi connectivity index (χ4n) is 3.56. The Bertz CT molecular complexity index is 1190. The van der Waals surface area contributed by atoms with Gasteiger partial charge in [0, 0.05) is 43.8 Å². The highest BCUT2D eigenvalue weighted by atomic mass is 35.5. The van der Waals surface area contributed by atoms with Crippen molar-refractivity contribution < 1.29 is 4.79 Å². The molecule has 2 aromatic carbocycles. The van der Waals surface area contributed by atoms with Crippen LogP contribution in [0.5, 0.6) is 0 Å². The van der Waals surface area contributed by atoms with Gasteiger partial charge in [0.05, 0.1) is 11.4 Å². The zero-order valence-corrected chi connectivity index (χ0v) is 19.9. The van der Waals surface area contributed by atoms with Crippen LogP contribution in [0.25, 0.3) is 17.0 Å². The SMILES string of the molecule is CC(C)(C)N1C(=O)/C(=C\c2cn(Cc3c(Cl)cccc3Cl)c3ccccc23)SC1=S. The van der Waals surface area contributed by atoms with Crippen LogP contribution in [0.15, 0.2) is 53.6 Å². The number of rotatable bonds is 3. The molecule has 0 aliphatic carbocycles. The van der Waals surface area contributed by atoms with Gasteiger partial charge in [-0.1, -0.05) is 71.4 Å². The maximum Gasteiger partial charge on any atom is 0.266 e. The van der Waals surface area contributed by atoms with E-state index in [1.54, 1.807) is 4.90 Å². The van der Waals surface area contributed by atoms with Crippen LogP contribution in [0.2, 0.25) is 10.0 Å². The molecule has 0 unspecified atom stereocenters. The van der Waals surface area contributed by atoms with Crippen LogP contribution >= 0.6 is 47.2 Å². The van der Waals surface area contributed by atoms with E-state index in [4.69, 9.17) is 35.4 Å². The minimum Gasteiger partial charge on any atom is -0.342 e. The van der Waals surface area contributed by atoms with Gasteiger partial charge in [0.2, 0.25) is 0 Å². The molecular formula is C23H20Cl2N2OS2. The summed E-state index contributed by atoms with van der Waals surface area (Å²) in [5.41, 5.74) is 2.52. The summed E-state index contributed by atoms with van der Waals surface area (Å²) in [6.45, 7) is 6.50. The van der Waals surface area contributed by atoms with Crippen molar-refractivity contribution in [2.75, 3.05) is 0 Å². The molecule has 1 aliphatic rings. The van der Waals surface area contributed by atoms with E-state index in [9.17, 15) is 4.79 Å². The summed E-state index contributed by atoms with van der Waals surface area (Å²) < 4.78 is 2.70. The number of fused-ring (bicyclic) bond motifs is 1. The van der Waals surface area contributed by atoms with Crippen molar-refractivity contribution >= 4 is 74.4 Å². The molecule has 1 fully saturated rings. The molecule has 4 rings (SSSR count). The first-order chi connectivity index (χ1) is 14.2. The summed E-state index contributed by atoms with van der Waals surface area (Å²) in [6, 6.07) is 13.6. The van der Waals surface area contributed by atoms with Crippen molar-refractivity contribution in [1.29, 1.82) is 0 Å². The maximum absolute atomic E-state index is 13.0. The predicted octanol–water partition coefficient (Wildman–Crippen LogP) is 7.00. The van der Waals surface area contributed by atoms with Gasteiger partial charge in [-0.3, -0.25) is 9.69 Å². The first-order valence-corrected chi connectivity index (χ1v) is 11.4. The minimum absolute atomic E-state index is 0.0523. The molecule has 2 heterocycles. The Hall–Kier alpha value is -1.79. The number of amides is 1. The molecule has 0 bridgehead atoms. The average Bonchev–Trinajstić information content (AvgIpc) is 3.15. The van der Waals surface area contributed by atoms with E-state index in [1.807, 2.05) is 63.4 Å². The van der Waals surface area contributed by atoms with Crippen LogP contribution in [-0.2, 0) is 11.3 Å². The number of nitrogens with zero attached hydrogens (tertiary/aromatic N) is 2. The van der Waals surface area contributed by atoms with Crippen molar-refractivity contribution in [3.63, 3.8) is 0 Å². The molecule has 0 spiro atoms. The maximum atomic E-state index is 13.0. The zero-order valence-electron chi connectivity index (χ0n) is 16.8. The number of thiocarbonyl (C=S) groups is 1. The van der Waals surface area contributed by atoms with Gasteiger partial charge in [0.15, 0.2) is 0 Å². The van der Waals surface area contributed by atoms with Crippen molar-refractivity contribution in [1.82, 2.24) is 9.47 Å². The Morgan fingerprint density at radius 1 is 1.07 bits per heavy atom. The number of hydrogen-bond acceptors (Lipinski definition) is 3. The number of aromatic nitrogens is 1. The zero-order chi connectivity index (χ0) is 21.6. The largest absolute Gasteiger partial charge is 0.342 e. The number of hydrogen-bond donors (Lipinski definition) is 0. The highest BCUT2D eigenvalue weighted by Crippen LogP contribution is 2.38. The van der Waals surface area contributed by atoms with E-state index in [-0.39, 0.29) is 11.4 Å². The molecule has 0 radical (unpaired) electrons. The lowest BCUT2D eigenvalue weighted by Gasteiger charge is -2.30. The van der Waals surface area contributed by atoms with Gasteiger partial charge in [-0.25, -0.2) is 0 Å². The molecule has 1 amide bonds. The highest BCUT2D eigenvalue weighted by molar-refractivity contribution is 8.26. The first-order valence-electron chi connectivity index (χ1n) is 9.45. The predicted molar refractivity (Wildman–Crippen MR) is 132 cm³/mol. The smallest absolute Gasteiger partial charge is 0.266 e. The van der Waals surface area contributed by atoms with Crippen LogP contribution in [0.4, 0.5) is 0 Å². The monoisotopic (exact) mass is 474 g/mol. The number of benzene rings is 2. The van der Waals surface area contributed by atoms with Gasteiger partial charge in [-0.05, 0) is 45.0 Å². The highest BCUT2D eigenvalue weighted by Gasteiger charge is 2.39. The summed E-state index contributed by atoms with van der Waals surface area (Å²) in [5.74, 6) is -0.0523. The second-order valence-electron chi connectivity index (χ2n) is 8.12. The lowest BCUT2D eigenvalue weighted by molar-refractivity contribution is -0.125. The lowest BCUT2D eigenvalue weighted by Crippen LogP contribution is -2.44. The molecular weight excluding hydrogens is 455 g/mol. The van der Waals surface area contributed by atoms with Crippen LogP contribution in [0.3, 0.4) is 0 Å². The summed E-state index contributed by atoms with van der Waals surface area (Å²) in [4.78, 5) is 15.3. The number of para-hydroxylation sites is 1. The quantitative estimate of drug-likeness (QED) is 0.301. The van der Waals surface area contributed by atoms with Crippen LogP contribution < -0.4 is 0 Å². The summed E-state index contributed by atoms with van der Waals surface area (Å²) >= 11 is 19.6. The molecule has 3 aromatic rings. The number of halogens is 2. The van der Waals surface area contributed by atoms with Crippen molar-refractivity contribution in [3.05, 3.63) is 74.7 Å². The molecule has 3 nitrogen and oxygen atoms in total. The number of carbonyl (C=O) groups excluding carboxylic acids is 1. The van der Waals surface area contributed by atoms with Crippen molar-refractivity contribution in [2.24, 2.45) is 0 Å². The van der Waals surface area contributed by atoms with E-state index < -0.39 is 0 Å². The van der Waals surface area contributed by atoms with Crippen LogP contribution in [0.1, 0.15) is 31.9 Å². The Balaban J connectivity index is 1.78. The molecule has 0 N–H and O–H groups in total. The van der Waals surface area contributed by atoms with E-state index in [0.717, 1.165) is 22.0 Å². The van der Waals surface area contributed by atoms with E-state index in [0.29, 0.717) is 25.8 Å². The van der Waals surface area contributed by atoms with E-state index in [2.05, 4.69) is 16.7 Å². The molecule has 1 aromatic heterocycles. The topological polar surface area (TPSA) is 25.2 Å². The average molecular weight is 475 g/mol. The lowest BCUT2D eigenvalue weighted by atomic mass is 10.1. The molecule has 1 aliphatic heterocycles. The summed E-state index contributed by atoms with van der Waals surface area (Å²) in [5, 5.41) is 2.32. The Morgan fingerprint density at radius 3 is 2.37 bits per heavy atom. The minimum atomic E-state index is -0.356. The molecule has 0 atom stereocenters. The van der Waals surface area contributed by atoms with Gasteiger partial charge in [-0.15, -0.1) is 0 Å². The van der Waals surface area contributed by atoms with E-state index in [1.165, 1.54) is 11.8 Å². The number of thioether (sulfide) groups is 1. The van der Waals surface area contributed by atoms with Gasteiger partial charge in [0.25, 0.3) is 5.91 Å². The molecule has 1 saturated heterocycles. The normalized spacial score (nSPS) is 16.3. The second kappa shape index (κ2) is 8.04. The Morgan fingerprint density at radius 2 is 1.73 bits per heavy atom. The molecule has 30 heavy (non-hydrogen) atoms. The van der Waals surface area contributed by atoms with Gasteiger partial charge in [-0.2, -0.15) is 0 Å². The molecule has 0 saturated carbocycles. The van der Waals surface area contributed by atoms with Gasteiger partial charge >= 0.3 is 0 Å². The molecule has 154 valence electrons. The van der Waals surface area contributed by atoms with Gasteiger partial charge in [0.1, 0.15) is 4.32 Å². The van der Waals surface area contributed by atoms with E-state index >= 15 is 0 Å². The van der Waals surface area contributed by atoms with Crippen LogP contribution in [-0.4, -0.2) is 25.2 Å². The third-order valence-corrected chi connectivity index (χ3v) is 6.97. The van der Waals surface area contributed by atoms with Crippen molar-refractivity contribution in [2.45, 2.75) is 32.9 Å². The second-order valence-corrected chi connectivity index (χ2v) is 10.6. The first kappa shape index (κ1) is 21.4.